The molecule has 2 aliphatic rings. The number of benzene rings is 2. The van der Waals surface area contributed by atoms with E-state index in [0.29, 0.717) is 55.6 Å². The van der Waals surface area contributed by atoms with Gasteiger partial charge in [0.1, 0.15) is 5.75 Å². The molecule has 0 radical (unpaired) electrons. The predicted octanol–water partition coefficient (Wildman–Crippen LogP) is 5.33. The summed E-state index contributed by atoms with van der Waals surface area (Å²) in [5.74, 6) is 0.310. The number of alkyl halides is 3. The first-order valence-electron chi connectivity index (χ1n) is 12.0. The van der Waals surface area contributed by atoms with Crippen LogP contribution in [0.15, 0.2) is 41.3 Å². The lowest BCUT2D eigenvalue weighted by atomic mass is 9.96. The van der Waals surface area contributed by atoms with Crippen LogP contribution in [0, 0.1) is 5.92 Å². The van der Waals surface area contributed by atoms with Gasteiger partial charge in [0.2, 0.25) is 0 Å². The number of fused-ring (bicyclic) bond motifs is 1. The number of carbonyl (C=O) groups excluding carboxylic acids is 1. The van der Waals surface area contributed by atoms with Crippen molar-refractivity contribution in [3.8, 4) is 5.75 Å². The van der Waals surface area contributed by atoms with Crippen LogP contribution in [0.4, 0.5) is 18.9 Å². The Morgan fingerprint density at radius 2 is 1.83 bits per heavy atom. The van der Waals surface area contributed by atoms with Crippen molar-refractivity contribution in [3.63, 3.8) is 0 Å². The van der Waals surface area contributed by atoms with Crippen molar-refractivity contribution in [3.05, 3.63) is 53.1 Å². The molecule has 4 rings (SSSR count). The summed E-state index contributed by atoms with van der Waals surface area (Å²) in [6.07, 6.45) is -2.75. The number of halogens is 3. The van der Waals surface area contributed by atoms with E-state index < -0.39 is 28.7 Å². The molecule has 0 bridgehead atoms. The third-order valence-corrected chi connectivity index (χ3v) is 8.64. The van der Waals surface area contributed by atoms with Gasteiger partial charge in [0.05, 0.1) is 29.2 Å². The number of rotatable bonds is 7. The van der Waals surface area contributed by atoms with E-state index in [1.54, 1.807) is 6.92 Å². The fraction of sp³-hybridized carbons (Fsp3) is 0.500. The van der Waals surface area contributed by atoms with Crippen LogP contribution in [0.1, 0.15) is 54.6 Å². The van der Waals surface area contributed by atoms with Crippen LogP contribution in [0.3, 0.4) is 0 Å². The van der Waals surface area contributed by atoms with Gasteiger partial charge in [0.15, 0.2) is 5.78 Å². The number of aryl methyl sites for hydroxylation is 1. The second kappa shape index (κ2) is 10.4. The van der Waals surface area contributed by atoms with Crippen LogP contribution < -0.4 is 9.04 Å². The molecule has 0 saturated carbocycles. The molecule has 0 N–H and O–H groups in total. The molecular formula is C26H30F3NO5S. The van der Waals surface area contributed by atoms with Crippen molar-refractivity contribution in [2.45, 2.75) is 63.1 Å². The van der Waals surface area contributed by atoms with E-state index in [0.717, 1.165) is 12.8 Å². The Labute approximate surface area is 209 Å². The molecule has 0 amide bonds. The number of sulfonamides is 1. The molecular weight excluding hydrogens is 495 g/mol. The molecule has 36 heavy (non-hydrogen) atoms. The van der Waals surface area contributed by atoms with Crippen molar-refractivity contribution in [1.82, 2.24) is 0 Å². The van der Waals surface area contributed by atoms with Gasteiger partial charge in [-0.25, -0.2) is 8.42 Å². The molecule has 1 saturated heterocycles. The van der Waals surface area contributed by atoms with Crippen molar-refractivity contribution >= 4 is 21.5 Å². The number of hydrogen-bond acceptors (Lipinski definition) is 5. The molecule has 6 nitrogen and oxygen atoms in total. The summed E-state index contributed by atoms with van der Waals surface area (Å²) >= 11 is 0. The number of nitrogens with zero attached hydrogens (tertiary/aromatic N) is 1. The van der Waals surface area contributed by atoms with Gasteiger partial charge in [0, 0.05) is 19.3 Å². The standard InChI is InChI=1S/C26H30F3NO5S/c1-17-3-5-21-13-20(15-26(27,28)29)4-7-24(21)30(17)36(32,33)22-6-8-25(23(14-22)18(2)31)35-16-19-9-11-34-12-10-19/h4,6-8,13-14,17,19H,3,5,9-12,15-16H2,1-2H3/t17-/m0/s1. The lowest BCUT2D eigenvalue weighted by molar-refractivity contribution is -0.127. The van der Waals surface area contributed by atoms with E-state index >= 15 is 0 Å². The molecule has 10 heteroatoms. The van der Waals surface area contributed by atoms with Crippen molar-refractivity contribution in [2.75, 3.05) is 24.1 Å². The van der Waals surface area contributed by atoms with Crippen molar-refractivity contribution in [2.24, 2.45) is 5.92 Å². The van der Waals surface area contributed by atoms with E-state index in [1.807, 2.05) is 0 Å². The maximum absolute atomic E-state index is 13.7. The van der Waals surface area contributed by atoms with Crippen LogP contribution in [0.2, 0.25) is 0 Å². The molecule has 2 aliphatic heterocycles. The topological polar surface area (TPSA) is 72.9 Å². The van der Waals surface area contributed by atoms with E-state index in [1.165, 1.54) is 47.6 Å². The minimum Gasteiger partial charge on any atom is -0.493 e. The lowest BCUT2D eigenvalue weighted by Crippen LogP contribution is -2.42. The highest BCUT2D eigenvalue weighted by molar-refractivity contribution is 7.92. The molecule has 0 unspecified atom stereocenters. The predicted molar refractivity (Wildman–Crippen MR) is 129 cm³/mol. The fourth-order valence-corrected chi connectivity index (χ4v) is 6.54. The summed E-state index contributed by atoms with van der Waals surface area (Å²) in [4.78, 5) is 12.3. The van der Waals surface area contributed by atoms with E-state index in [9.17, 15) is 26.4 Å². The third-order valence-electron chi connectivity index (χ3n) is 6.72. The zero-order valence-corrected chi connectivity index (χ0v) is 21.1. The highest BCUT2D eigenvalue weighted by atomic mass is 32.2. The number of ether oxygens (including phenoxy) is 2. The summed E-state index contributed by atoms with van der Waals surface area (Å²) in [5, 5.41) is 0. The lowest BCUT2D eigenvalue weighted by Gasteiger charge is -2.36. The maximum atomic E-state index is 13.7. The average molecular weight is 526 g/mol. The van der Waals surface area contributed by atoms with Gasteiger partial charge in [-0.15, -0.1) is 0 Å². The number of Topliss-reactive ketones (excluding diaryl/α,β-unsaturated/α-hetero) is 1. The first-order valence-corrected chi connectivity index (χ1v) is 13.5. The number of hydrogen-bond donors (Lipinski definition) is 0. The van der Waals surface area contributed by atoms with E-state index in [2.05, 4.69) is 0 Å². The quantitative estimate of drug-likeness (QED) is 0.457. The minimum absolute atomic E-state index is 0.0646. The zero-order valence-electron chi connectivity index (χ0n) is 20.3. The van der Waals surface area contributed by atoms with Gasteiger partial charge in [0.25, 0.3) is 10.0 Å². The van der Waals surface area contributed by atoms with Crippen molar-refractivity contribution < 1.29 is 35.9 Å². The van der Waals surface area contributed by atoms with Crippen molar-refractivity contribution in [1.29, 1.82) is 0 Å². The van der Waals surface area contributed by atoms with Gasteiger partial charge in [-0.05, 0) is 80.8 Å². The van der Waals surface area contributed by atoms with Crippen LogP contribution >= 0.6 is 0 Å². The maximum Gasteiger partial charge on any atom is 0.393 e. The van der Waals surface area contributed by atoms with Gasteiger partial charge < -0.3 is 9.47 Å². The molecule has 2 heterocycles. The van der Waals surface area contributed by atoms with E-state index in [-0.39, 0.29) is 21.8 Å². The van der Waals surface area contributed by atoms with Gasteiger partial charge >= 0.3 is 6.18 Å². The first-order chi connectivity index (χ1) is 17.0. The third kappa shape index (κ3) is 5.86. The summed E-state index contributed by atoms with van der Waals surface area (Å²) in [7, 11) is -4.09. The van der Waals surface area contributed by atoms with E-state index in [4.69, 9.17) is 9.47 Å². The highest BCUT2D eigenvalue weighted by Gasteiger charge is 2.35. The van der Waals surface area contributed by atoms with Gasteiger partial charge in [-0.2, -0.15) is 13.2 Å². The smallest absolute Gasteiger partial charge is 0.393 e. The summed E-state index contributed by atoms with van der Waals surface area (Å²) in [6, 6.07) is 8.05. The minimum atomic E-state index is -4.35. The largest absolute Gasteiger partial charge is 0.493 e. The molecule has 2 aromatic carbocycles. The van der Waals surface area contributed by atoms with Gasteiger partial charge in [-0.3, -0.25) is 9.10 Å². The Hall–Kier alpha value is -2.59. The van der Waals surface area contributed by atoms with Crippen LogP contribution in [0.25, 0.3) is 0 Å². The zero-order chi connectivity index (χ0) is 26.1. The Bertz CT molecular complexity index is 1220. The second-order valence-corrected chi connectivity index (χ2v) is 11.3. The Balaban J connectivity index is 1.63. The summed E-state index contributed by atoms with van der Waals surface area (Å²) < 4.78 is 78.6. The Kier molecular flexibility index (Phi) is 7.66. The number of carbonyl (C=O) groups is 1. The molecule has 0 aromatic heterocycles. The molecule has 0 aliphatic carbocycles. The normalized spacial score (nSPS) is 19.1. The van der Waals surface area contributed by atoms with Crippen LogP contribution in [-0.4, -0.2) is 46.2 Å². The summed E-state index contributed by atoms with van der Waals surface area (Å²) in [6.45, 7) is 4.86. The highest BCUT2D eigenvalue weighted by Crippen LogP contribution is 2.38. The molecule has 1 atom stereocenters. The Morgan fingerprint density at radius 1 is 1.11 bits per heavy atom. The molecule has 2 aromatic rings. The van der Waals surface area contributed by atoms with Crippen LogP contribution in [-0.2, 0) is 27.6 Å². The fourth-order valence-electron chi connectivity index (χ4n) is 4.79. The second-order valence-electron chi connectivity index (χ2n) is 9.52. The monoisotopic (exact) mass is 525 g/mol. The number of ketones is 1. The first kappa shape index (κ1) is 26.5. The summed E-state index contributed by atoms with van der Waals surface area (Å²) in [5.41, 5.74) is 1.19. The molecule has 0 spiro atoms. The Morgan fingerprint density at radius 3 is 2.50 bits per heavy atom. The SMILES string of the molecule is CC(=O)c1cc(S(=O)(=O)N2c3ccc(CC(F)(F)F)cc3CC[C@@H]2C)ccc1OCC1CCOCC1. The average Bonchev–Trinajstić information content (AvgIpc) is 2.82. The number of anilines is 1. The molecule has 196 valence electrons. The van der Waals surface area contributed by atoms with Gasteiger partial charge in [-0.1, -0.05) is 12.1 Å². The van der Waals surface area contributed by atoms with Crippen LogP contribution in [0.5, 0.6) is 5.75 Å². The molecule has 1 fully saturated rings.